The van der Waals surface area contributed by atoms with Crippen molar-refractivity contribution in [3.05, 3.63) is 44.9 Å². The highest BCUT2D eigenvalue weighted by molar-refractivity contribution is 9.10. The molecule has 0 spiro atoms. The van der Waals surface area contributed by atoms with Crippen LogP contribution in [-0.4, -0.2) is 26.6 Å². The molecule has 2 rings (SSSR count). The van der Waals surface area contributed by atoms with Gasteiger partial charge in [-0.25, -0.2) is 4.98 Å². The predicted molar refractivity (Wildman–Crippen MR) is 69.4 cm³/mol. The Labute approximate surface area is 111 Å². The lowest BCUT2D eigenvalue weighted by atomic mass is 10.3. The molecule has 8 heteroatoms. The molecule has 1 aromatic heterocycles. The fourth-order valence-electron chi connectivity index (χ4n) is 1.43. The van der Waals surface area contributed by atoms with Crippen molar-refractivity contribution in [1.29, 1.82) is 0 Å². The SMILES string of the molecule is O=[N+]([O-])c1ccc(NCCc2ncn[nH]2)c(Br)c1. The number of benzene rings is 1. The van der Waals surface area contributed by atoms with Gasteiger partial charge in [0.1, 0.15) is 12.2 Å². The molecular weight excluding hydrogens is 302 g/mol. The Kier molecular flexibility index (Phi) is 3.88. The van der Waals surface area contributed by atoms with Gasteiger partial charge in [0.25, 0.3) is 5.69 Å². The fourth-order valence-corrected chi connectivity index (χ4v) is 1.93. The topological polar surface area (TPSA) is 96.7 Å². The van der Waals surface area contributed by atoms with Gasteiger partial charge in [-0.3, -0.25) is 15.2 Å². The highest BCUT2D eigenvalue weighted by Gasteiger charge is 2.08. The van der Waals surface area contributed by atoms with Crippen molar-refractivity contribution in [3.63, 3.8) is 0 Å². The third kappa shape index (κ3) is 3.04. The van der Waals surface area contributed by atoms with Crippen molar-refractivity contribution >= 4 is 27.3 Å². The van der Waals surface area contributed by atoms with Gasteiger partial charge in [0.15, 0.2) is 0 Å². The number of aromatic amines is 1. The standard InChI is InChI=1S/C10H10BrN5O2/c11-8-5-7(16(17)18)1-2-9(8)12-4-3-10-13-6-14-15-10/h1-2,5-6,12H,3-4H2,(H,13,14,15). The van der Waals surface area contributed by atoms with Gasteiger partial charge in [0, 0.05) is 35.3 Å². The summed E-state index contributed by atoms with van der Waals surface area (Å²) in [6.07, 6.45) is 2.15. The smallest absolute Gasteiger partial charge is 0.270 e. The minimum absolute atomic E-state index is 0.0580. The molecule has 0 fully saturated rings. The molecule has 1 heterocycles. The lowest BCUT2D eigenvalue weighted by molar-refractivity contribution is -0.384. The number of rotatable bonds is 5. The molecule has 1 aromatic carbocycles. The number of hydrogen-bond acceptors (Lipinski definition) is 5. The second-order valence-electron chi connectivity index (χ2n) is 3.53. The molecule has 18 heavy (non-hydrogen) atoms. The van der Waals surface area contributed by atoms with E-state index in [0.717, 1.165) is 11.5 Å². The van der Waals surface area contributed by atoms with Crippen LogP contribution in [0.15, 0.2) is 29.0 Å². The number of nitrogens with one attached hydrogen (secondary N) is 2. The lowest BCUT2D eigenvalue weighted by Gasteiger charge is -2.07. The first kappa shape index (κ1) is 12.5. The summed E-state index contributed by atoms with van der Waals surface area (Å²) in [4.78, 5) is 14.2. The highest BCUT2D eigenvalue weighted by atomic mass is 79.9. The van der Waals surface area contributed by atoms with Gasteiger partial charge >= 0.3 is 0 Å². The monoisotopic (exact) mass is 311 g/mol. The molecule has 2 N–H and O–H groups in total. The molecule has 0 aliphatic carbocycles. The summed E-state index contributed by atoms with van der Waals surface area (Å²) < 4.78 is 0.661. The van der Waals surface area contributed by atoms with E-state index in [-0.39, 0.29) is 5.69 Å². The van der Waals surface area contributed by atoms with Crippen LogP contribution in [0.3, 0.4) is 0 Å². The Morgan fingerprint density at radius 1 is 1.50 bits per heavy atom. The minimum atomic E-state index is -0.428. The van der Waals surface area contributed by atoms with Gasteiger partial charge in [0.2, 0.25) is 0 Å². The van der Waals surface area contributed by atoms with Gasteiger partial charge in [0.05, 0.1) is 4.92 Å². The second kappa shape index (κ2) is 5.58. The van der Waals surface area contributed by atoms with Crippen molar-refractivity contribution in [3.8, 4) is 0 Å². The summed E-state index contributed by atoms with van der Waals surface area (Å²) in [6, 6.07) is 4.60. The molecule has 0 unspecified atom stereocenters. The summed E-state index contributed by atoms with van der Waals surface area (Å²) in [5.74, 6) is 0.792. The van der Waals surface area contributed by atoms with Crippen LogP contribution in [0.1, 0.15) is 5.82 Å². The molecular formula is C10H10BrN5O2. The number of hydrogen-bond donors (Lipinski definition) is 2. The zero-order valence-corrected chi connectivity index (χ0v) is 10.8. The molecule has 0 saturated carbocycles. The Morgan fingerprint density at radius 3 is 2.94 bits per heavy atom. The van der Waals surface area contributed by atoms with Crippen molar-refractivity contribution < 1.29 is 4.92 Å². The second-order valence-corrected chi connectivity index (χ2v) is 4.38. The zero-order chi connectivity index (χ0) is 13.0. The molecule has 0 atom stereocenters. The van der Waals surface area contributed by atoms with Crippen LogP contribution in [-0.2, 0) is 6.42 Å². The van der Waals surface area contributed by atoms with Crippen LogP contribution in [0.2, 0.25) is 0 Å². The van der Waals surface area contributed by atoms with Crippen LogP contribution in [0.5, 0.6) is 0 Å². The number of nitrogens with zero attached hydrogens (tertiary/aromatic N) is 3. The van der Waals surface area contributed by atoms with Gasteiger partial charge < -0.3 is 5.32 Å². The van der Waals surface area contributed by atoms with Gasteiger partial charge in [-0.05, 0) is 22.0 Å². The highest BCUT2D eigenvalue weighted by Crippen LogP contribution is 2.26. The maximum atomic E-state index is 10.6. The largest absolute Gasteiger partial charge is 0.384 e. The first-order chi connectivity index (χ1) is 8.66. The van der Waals surface area contributed by atoms with E-state index in [2.05, 4.69) is 36.4 Å². The van der Waals surface area contributed by atoms with E-state index in [0.29, 0.717) is 17.4 Å². The van der Waals surface area contributed by atoms with Crippen molar-refractivity contribution in [2.24, 2.45) is 0 Å². The maximum Gasteiger partial charge on any atom is 0.270 e. The van der Waals surface area contributed by atoms with Crippen molar-refractivity contribution in [2.45, 2.75) is 6.42 Å². The number of H-pyrrole nitrogens is 1. The normalized spacial score (nSPS) is 10.3. The van der Waals surface area contributed by atoms with Crippen LogP contribution in [0.4, 0.5) is 11.4 Å². The van der Waals surface area contributed by atoms with Crippen LogP contribution in [0.25, 0.3) is 0 Å². The molecule has 0 aliphatic rings. The van der Waals surface area contributed by atoms with Crippen LogP contribution >= 0.6 is 15.9 Å². The molecule has 2 aromatic rings. The quantitative estimate of drug-likeness (QED) is 0.651. The summed E-state index contributed by atoms with van der Waals surface area (Å²) in [6.45, 7) is 0.658. The average molecular weight is 312 g/mol. The van der Waals surface area contributed by atoms with E-state index in [4.69, 9.17) is 0 Å². The average Bonchev–Trinajstić information content (AvgIpc) is 2.84. The summed E-state index contributed by atoms with van der Waals surface area (Å²) in [5.41, 5.74) is 0.864. The fraction of sp³-hybridized carbons (Fsp3) is 0.200. The van der Waals surface area contributed by atoms with Crippen LogP contribution < -0.4 is 5.32 Å². The van der Waals surface area contributed by atoms with Gasteiger partial charge in [-0.15, -0.1) is 0 Å². The number of aromatic nitrogens is 3. The van der Waals surface area contributed by atoms with E-state index in [9.17, 15) is 10.1 Å². The Bertz CT molecular complexity index is 543. The molecule has 0 radical (unpaired) electrons. The van der Waals surface area contributed by atoms with E-state index < -0.39 is 4.92 Å². The lowest BCUT2D eigenvalue weighted by Crippen LogP contribution is -2.06. The first-order valence-electron chi connectivity index (χ1n) is 5.19. The summed E-state index contributed by atoms with van der Waals surface area (Å²) in [7, 11) is 0. The summed E-state index contributed by atoms with van der Waals surface area (Å²) >= 11 is 3.29. The summed E-state index contributed by atoms with van der Waals surface area (Å²) in [5, 5.41) is 20.2. The first-order valence-corrected chi connectivity index (χ1v) is 5.98. The molecule has 7 nitrogen and oxygen atoms in total. The van der Waals surface area contributed by atoms with Crippen molar-refractivity contribution in [1.82, 2.24) is 15.2 Å². The predicted octanol–water partition coefficient (Wildman–Crippen LogP) is 2.13. The molecule has 0 saturated heterocycles. The minimum Gasteiger partial charge on any atom is -0.384 e. The Balaban J connectivity index is 1.95. The Morgan fingerprint density at radius 2 is 2.33 bits per heavy atom. The number of halogens is 1. The maximum absolute atomic E-state index is 10.6. The molecule has 0 aliphatic heterocycles. The van der Waals surface area contributed by atoms with Gasteiger partial charge in [-0.2, -0.15) is 5.10 Å². The number of non-ortho nitro benzene ring substituents is 1. The van der Waals surface area contributed by atoms with E-state index in [1.807, 2.05) is 0 Å². The Hall–Kier alpha value is -1.96. The van der Waals surface area contributed by atoms with Crippen molar-refractivity contribution in [2.75, 3.05) is 11.9 Å². The van der Waals surface area contributed by atoms with Crippen LogP contribution in [0, 0.1) is 10.1 Å². The number of anilines is 1. The van der Waals surface area contributed by atoms with E-state index in [1.54, 1.807) is 6.07 Å². The molecule has 0 amide bonds. The molecule has 94 valence electrons. The number of nitro benzene ring substituents is 1. The third-order valence-electron chi connectivity index (χ3n) is 2.31. The third-order valence-corrected chi connectivity index (χ3v) is 2.96. The van der Waals surface area contributed by atoms with Gasteiger partial charge in [-0.1, -0.05) is 0 Å². The zero-order valence-electron chi connectivity index (χ0n) is 9.26. The molecule has 0 bridgehead atoms. The van der Waals surface area contributed by atoms with E-state index in [1.165, 1.54) is 18.5 Å². The van der Waals surface area contributed by atoms with E-state index >= 15 is 0 Å². The number of nitro groups is 1.